The zero-order chi connectivity index (χ0) is 50.0. The standard InChI is InChI=1S/C63H114O6/c1-4-7-10-13-16-19-22-25-28-30-31-33-36-39-42-45-48-51-54-57-63(66)69-60(58-67-61(64)55-52-49-46-43-40-37-34-27-24-21-18-15-12-9-6-3)59-68-62(65)56-53-50-47-44-41-38-35-32-29-26-23-20-17-14-11-8-5-2/h18,21,25-29,34,60H,4-17,19-20,22-24,30-33,35-59H2,1-3H3/b21-18-,28-25-,29-26-,34-27-/t60-/m1/s1. The van der Waals surface area contributed by atoms with E-state index in [1.54, 1.807) is 0 Å². The molecule has 0 amide bonds. The quantitative estimate of drug-likeness (QED) is 0.0262. The number of hydrogen-bond acceptors (Lipinski definition) is 6. The van der Waals surface area contributed by atoms with Crippen LogP contribution in [0, 0.1) is 0 Å². The smallest absolute Gasteiger partial charge is 0.306 e. The first kappa shape index (κ1) is 66.4. The highest BCUT2D eigenvalue weighted by molar-refractivity contribution is 5.71. The van der Waals surface area contributed by atoms with Crippen molar-refractivity contribution in [3.8, 4) is 0 Å². The number of hydrogen-bond donors (Lipinski definition) is 0. The fourth-order valence-corrected chi connectivity index (χ4v) is 8.70. The fraction of sp³-hybridized carbons (Fsp3) is 0.825. The molecule has 0 bridgehead atoms. The van der Waals surface area contributed by atoms with Crippen LogP contribution in [0.5, 0.6) is 0 Å². The summed E-state index contributed by atoms with van der Waals surface area (Å²) in [5, 5.41) is 0. The van der Waals surface area contributed by atoms with Gasteiger partial charge in [0, 0.05) is 19.3 Å². The molecule has 0 aliphatic heterocycles. The van der Waals surface area contributed by atoms with Crippen LogP contribution >= 0.6 is 0 Å². The lowest BCUT2D eigenvalue weighted by Gasteiger charge is -2.18. The molecule has 0 aliphatic rings. The van der Waals surface area contributed by atoms with E-state index in [2.05, 4.69) is 69.4 Å². The summed E-state index contributed by atoms with van der Waals surface area (Å²) < 4.78 is 16.9. The van der Waals surface area contributed by atoms with E-state index in [1.807, 2.05) is 0 Å². The summed E-state index contributed by atoms with van der Waals surface area (Å²) in [4.78, 5) is 38.2. The van der Waals surface area contributed by atoms with Crippen molar-refractivity contribution in [2.75, 3.05) is 13.2 Å². The van der Waals surface area contributed by atoms with E-state index < -0.39 is 6.10 Å². The van der Waals surface area contributed by atoms with Gasteiger partial charge in [0.15, 0.2) is 6.10 Å². The molecule has 6 nitrogen and oxygen atoms in total. The topological polar surface area (TPSA) is 78.9 Å². The van der Waals surface area contributed by atoms with E-state index >= 15 is 0 Å². The lowest BCUT2D eigenvalue weighted by molar-refractivity contribution is -0.167. The first-order chi connectivity index (χ1) is 34.0. The number of rotatable bonds is 55. The van der Waals surface area contributed by atoms with Gasteiger partial charge in [-0.3, -0.25) is 14.4 Å². The summed E-state index contributed by atoms with van der Waals surface area (Å²) in [5.74, 6) is -0.884. The molecule has 0 saturated carbocycles. The second-order valence-corrected chi connectivity index (χ2v) is 20.2. The van der Waals surface area contributed by atoms with E-state index in [0.29, 0.717) is 19.3 Å². The van der Waals surface area contributed by atoms with Crippen molar-refractivity contribution in [3.63, 3.8) is 0 Å². The van der Waals surface area contributed by atoms with Crippen LogP contribution in [0.4, 0.5) is 0 Å². The Hall–Kier alpha value is -2.63. The average Bonchev–Trinajstić information content (AvgIpc) is 3.35. The summed E-state index contributed by atoms with van der Waals surface area (Å²) in [7, 11) is 0. The van der Waals surface area contributed by atoms with Crippen LogP contribution in [0.15, 0.2) is 48.6 Å². The summed E-state index contributed by atoms with van der Waals surface area (Å²) >= 11 is 0. The van der Waals surface area contributed by atoms with E-state index in [4.69, 9.17) is 14.2 Å². The Balaban J connectivity index is 4.37. The van der Waals surface area contributed by atoms with Crippen LogP contribution in [0.3, 0.4) is 0 Å². The Morgan fingerprint density at radius 1 is 0.290 bits per heavy atom. The molecule has 0 N–H and O–H groups in total. The third-order valence-electron chi connectivity index (χ3n) is 13.3. The monoisotopic (exact) mass is 967 g/mol. The third-order valence-corrected chi connectivity index (χ3v) is 13.3. The van der Waals surface area contributed by atoms with Crippen LogP contribution in [0.2, 0.25) is 0 Å². The minimum absolute atomic E-state index is 0.0789. The van der Waals surface area contributed by atoms with Crippen LogP contribution in [0.25, 0.3) is 0 Å². The molecule has 0 unspecified atom stereocenters. The zero-order valence-electron chi connectivity index (χ0n) is 46.1. The molecule has 0 spiro atoms. The van der Waals surface area contributed by atoms with Crippen LogP contribution in [-0.4, -0.2) is 37.2 Å². The van der Waals surface area contributed by atoms with E-state index in [1.165, 1.54) is 199 Å². The molecular weight excluding hydrogens is 853 g/mol. The summed E-state index contributed by atoms with van der Waals surface area (Å²) in [6.07, 6.45) is 71.0. The molecule has 402 valence electrons. The van der Waals surface area contributed by atoms with Crippen molar-refractivity contribution < 1.29 is 28.6 Å². The Bertz CT molecular complexity index is 1200. The van der Waals surface area contributed by atoms with Crippen molar-refractivity contribution in [2.45, 2.75) is 322 Å². The fourth-order valence-electron chi connectivity index (χ4n) is 8.70. The van der Waals surface area contributed by atoms with Gasteiger partial charge in [-0.1, -0.05) is 243 Å². The number of carbonyl (C=O) groups excluding carboxylic acids is 3. The predicted molar refractivity (Wildman–Crippen MR) is 298 cm³/mol. The van der Waals surface area contributed by atoms with Crippen LogP contribution in [-0.2, 0) is 28.6 Å². The summed E-state index contributed by atoms with van der Waals surface area (Å²) in [6, 6.07) is 0. The molecule has 0 aliphatic carbocycles. The molecule has 0 aromatic carbocycles. The van der Waals surface area contributed by atoms with Crippen molar-refractivity contribution in [3.05, 3.63) is 48.6 Å². The number of carbonyl (C=O) groups is 3. The third kappa shape index (κ3) is 56.2. The first-order valence-corrected chi connectivity index (χ1v) is 30.1. The molecule has 69 heavy (non-hydrogen) atoms. The van der Waals surface area contributed by atoms with Crippen molar-refractivity contribution in [1.82, 2.24) is 0 Å². The highest BCUT2D eigenvalue weighted by atomic mass is 16.6. The van der Waals surface area contributed by atoms with E-state index in [0.717, 1.165) is 77.0 Å². The Kier molecular flexibility index (Phi) is 55.7. The minimum atomic E-state index is -0.781. The SMILES string of the molecule is CCCCC/C=C\C/C=C\CCCCCCCC(=O)OC[C@H](COC(=O)CCCCCCCCC/C=C\CCCCCCCC)OC(=O)CCCCCCCCCCC/C=C\CCCCCCCC. The number of esters is 3. The predicted octanol–water partition coefficient (Wildman–Crippen LogP) is 20.2. The molecule has 0 heterocycles. The maximum atomic E-state index is 12.9. The molecule has 6 heteroatoms. The first-order valence-electron chi connectivity index (χ1n) is 30.1. The lowest BCUT2D eigenvalue weighted by atomic mass is 10.1. The molecule has 0 rings (SSSR count). The van der Waals surface area contributed by atoms with Gasteiger partial charge in [-0.25, -0.2) is 0 Å². The normalized spacial score (nSPS) is 12.3. The molecule has 0 saturated heterocycles. The molecule has 0 aromatic heterocycles. The number of allylic oxidation sites excluding steroid dienone is 8. The van der Waals surface area contributed by atoms with Gasteiger partial charge in [0.2, 0.25) is 0 Å². The van der Waals surface area contributed by atoms with Gasteiger partial charge in [0.1, 0.15) is 13.2 Å². The van der Waals surface area contributed by atoms with Gasteiger partial charge in [-0.15, -0.1) is 0 Å². The van der Waals surface area contributed by atoms with Crippen molar-refractivity contribution >= 4 is 17.9 Å². The molecule has 0 aromatic rings. The second-order valence-electron chi connectivity index (χ2n) is 20.2. The second kappa shape index (κ2) is 57.9. The summed E-state index contributed by atoms with van der Waals surface area (Å²) in [6.45, 7) is 6.63. The average molecular weight is 968 g/mol. The Morgan fingerprint density at radius 3 is 0.841 bits per heavy atom. The van der Waals surface area contributed by atoms with Gasteiger partial charge in [0.25, 0.3) is 0 Å². The largest absolute Gasteiger partial charge is 0.462 e. The lowest BCUT2D eigenvalue weighted by Crippen LogP contribution is -2.30. The molecule has 0 radical (unpaired) electrons. The van der Waals surface area contributed by atoms with Gasteiger partial charge in [-0.05, 0) is 103 Å². The number of ether oxygens (including phenoxy) is 3. The highest BCUT2D eigenvalue weighted by Gasteiger charge is 2.19. The number of unbranched alkanes of at least 4 members (excludes halogenated alkanes) is 36. The van der Waals surface area contributed by atoms with Crippen LogP contribution < -0.4 is 0 Å². The van der Waals surface area contributed by atoms with Gasteiger partial charge in [0.05, 0.1) is 0 Å². The van der Waals surface area contributed by atoms with Gasteiger partial charge >= 0.3 is 17.9 Å². The molecule has 0 fully saturated rings. The Labute approximate surface area is 428 Å². The minimum Gasteiger partial charge on any atom is -0.462 e. The van der Waals surface area contributed by atoms with Gasteiger partial charge in [-0.2, -0.15) is 0 Å². The maximum absolute atomic E-state index is 12.9. The van der Waals surface area contributed by atoms with Crippen LogP contribution in [0.1, 0.15) is 316 Å². The summed E-state index contributed by atoms with van der Waals surface area (Å²) in [5.41, 5.74) is 0. The molecular formula is C63H114O6. The zero-order valence-corrected chi connectivity index (χ0v) is 46.1. The van der Waals surface area contributed by atoms with Crippen molar-refractivity contribution in [1.29, 1.82) is 0 Å². The molecule has 1 atom stereocenters. The Morgan fingerprint density at radius 2 is 0.522 bits per heavy atom. The van der Waals surface area contributed by atoms with E-state index in [-0.39, 0.29) is 31.1 Å². The highest BCUT2D eigenvalue weighted by Crippen LogP contribution is 2.16. The van der Waals surface area contributed by atoms with E-state index in [9.17, 15) is 14.4 Å². The maximum Gasteiger partial charge on any atom is 0.306 e. The van der Waals surface area contributed by atoms with Gasteiger partial charge < -0.3 is 14.2 Å². The van der Waals surface area contributed by atoms with Crippen molar-refractivity contribution in [2.24, 2.45) is 0 Å².